The monoisotopic (exact) mass is 153 g/mol. The van der Waals surface area contributed by atoms with Gasteiger partial charge in [-0.1, -0.05) is 0 Å². The first kappa shape index (κ1) is 6.47. The fourth-order valence-electron chi connectivity index (χ4n) is 3.54. The van der Waals surface area contributed by atoms with Gasteiger partial charge in [-0.15, -0.1) is 0 Å². The predicted octanol–water partition coefficient (Wildman–Crippen LogP) is 2.42. The van der Waals surface area contributed by atoms with Crippen molar-refractivity contribution in [3.63, 3.8) is 0 Å². The Morgan fingerprint density at radius 1 is 1.00 bits per heavy atom. The molecule has 1 unspecified atom stereocenters. The summed E-state index contributed by atoms with van der Waals surface area (Å²) in [5, 5.41) is 0. The summed E-state index contributed by atoms with van der Waals surface area (Å²) in [4.78, 5) is 0. The topological polar surface area (TPSA) is 2.70 Å². The Morgan fingerprint density at radius 2 is 1.55 bits per heavy atom. The van der Waals surface area contributed by atoms with E-state index in [1.807, 2.05) is 0 Å². The molecule has 1 nitrogen and oxygen atoms in total. The first-order valence-corrected chi connectivity index (χ1v) is 5.02. The van der Waals surface area contributed by atoms with Gasteiger partial charge in [0.15, 0.2) is 17.8 Å². The van der Waals surface area contributed by atoms with E-state index in [-0.39, 0.29) is 0 Å². The van der Waals surface area contributed by atoms with E-state index in [1.54, 1.807) is 0 Å². The highest BCUT2D eigenvalue weighted by molar-refractivity contribution is 5.00. The molecular formula is C10H17O+. The van der Waals surface area contributed by atoms with Crippen molar-refractivity contribution in [1.29, 1.82) is 0 Å². The van der Waals surface area contributed by atoms with E-state index in [9.17, 15) is 0 Å². The Labute approximate surface area is 68.4 Å². The second kappa shape index (κ2) is 1.82. The molecule has 0 aromatic carbocycles. The maximum atomic E-state index is 3.70. The molecule has 0 N–H and O–H groups in total. The molecule has 3 saturated heterocycles. The first-order chi connectivity index (χ1) is 5.30. The van der Waals surface area contributed by atoms with E-state index < -0.39 is 0 Å². The summed E-state index contributed by atoms with van der Waals surface area (Å²) < 4.78 is 3.70. The van der Waals surface area contributed by atoms with Crippen LogP contribution < -0.4 is 0 Å². The van der Waals surface area contributed by atoms with Gasteiger partial charge in [-0.2, -0.15) is 0 Å². The van der Waals surface area contributed by atoms with E-state index in [0.717, 1.165) is 12.2 Å². The normalized spacial score (nSPS) is 55.4. The Morgan fingerprint density at radius 3 is 2.09 bits per heavy atom. The summed E-state index contributed by atoms with van der Waals surface area (Å²) in [6.45, 7) is 2.45. The smallest absolute Gasteiger partial charge is 0.163 e. The van der Waals surface area contributed by atoms with Crippen LogP contribution in [0.15, 0.2) is 0 Å². The molecule has 3 atom stereocenters. The molecule has 0 radical (unpaired) electrons. The van der Waals surface area contributed by atoms with Gasteiger partial charge in [0.2, 0.25) is 0 Å². The molecule has 1 heteroatoms. The van der Waals surface area contributed by atoms with Gasteiger partial charge in [-0.3, -0.25) is 0 Å². The lowest BCUT2D eigenvalue weighted by Crippen LogP contribution is -2.31. The van der Waals surface area contributed by atoms with Gasteiger partial charge >= 0.3 is 0 Å². The van der Waals surface area contributed by atoms with Crippen LogP contribution in [0, 0.1) is 0 Å². The van der Waals surface area contributed by atoms with Gasteiger partial charge in [-0.25, -0.2) is 0 Å². The molecule has 3 aliphatic rings. The lowest BCUT2D eigenvalue weighted by molar-refractivity contribution is -0.227. The van der Waals surface area contributed by atoms with Crippen molar-refractivity contribution in [1.82, 2.24) is 0 Å². The fourth-order valence-corrected chi connectivity index (χ4v) is 3.54. The number of hydrogen-bond acceptors (Lipinski definition) is 0. The predicted molar refractivity (Wildman–Crippen MR) is 44.8 cm³/mol. The Hall–Kier alpha value is -0.0400. The van der Waals surface area contributed by atoms with E-state index in [1.165, 1.54) is 38.5 Å². The highest BCUT2D eigenvalue weighted by atomic mass is 16.7. The molecule has 3 aliphatic heterocycles. The quantitative estimate of drug-likeness (QED) is 0.470. The SMILES string of the molecule is CC12CC[C@H]3CC[C@@H](CC1)[O+]32. The van der Waals surface area contributed by atoms with Gasteiger partial charge in [0.05, 0.1) is 0 Å². The van der Waals surface area contributed by atoms with Gasteiger partial charge in [-0.05, 0) is 0 Å². The lowest BCUT2D eigenvalue weighted by atomic mass is 9.98. The molecular weight excluding hydrogens is 136 g/mol. The highest BCUT2D eigenvalue weighted by Gasteiger charge is 2.60. The first-order valence-electron chi connectivity index (χ1n) is 5.02. The van der Waals surface area contributed by atoms with Crippen LogP contribution in [0.3, 0.4) is 0 Å². The lowest BCUT2D eigenvalue weighted by Gasteiger charge is -2.26. The van der Waals surface area contributed by atoms with Gasteiger partial charge in [0.1, 0.15) is 0 Å². The largest absolute Gasteiger partial charge is 0.413 e. The molecule has 3 rings (SSSR count). The van der Waals surface area contributed by atoms with Crippen LogP contribution in [0.5, 0.6) is 0 Å². The van der Waals surface area contributed by atoms with Crippen molar-refractivity contribution in [3.05, 3.63) is 0 Å². The molecule has 3 fully saturated rings. The zero-order valence-corrected chi connectivity index (χ0v) is 7.31. The van der Waals surface area contributed by atoms with Crippen molar-refractivity contribution in [2.24, 2.45) is 0 Å². The van der Waals surface area contributed by atoms with Gasteiger partial charge in [0.25, 0.3) is 0 Å². The van der Waals surface area contributed by atoms with Crippen LogP contribution in [-0.4, -0.2) is 17.8 Å². The molecule has 0 saturated carbocycles. The molecule has 0 amide bonds. The van der Waals surface area contributed by atoms with Gasteiger partial charge < -0.3 is 4.37 Å². The van der Waals surface area contributed by atoms with Crippen molar-refractivity contribution in [2.75, 3.05) is 0 Å². The third-order valence-corrected chi connectivity index (χ3v) is 4.09. The third-order valence-electron chi connectivity index (χ3n) is 4.09. The molecule has 0 bridgehead atoms. The summed E-state index contributed by atoms with van der Waals surface area (Å²) in [6.07, 6.45) is 10.5. The van der Waals surface area contributed by atoms with E-state index in [0.29, 0.717) is 5.60 Å². The van der Waals surface area contributed by atoms with Gasteiger partial charge in [0, 0.05) is 45.4 Å². The van der Waals surface area contributed by atoms with Crippen molar-refractivity contribution in [2.45, 2.75) is 63.3 Å². The van der Waals surface area contributed by atoms with Crippen molar-refractivity contribution in [3.8, 4) is 0 Å². The summed E-state index contributed by atoms with van der Waals surface area (Å²) in [5.74, 6) is 0. The van der Waals surface area contributed by atoms with Crippen LogP contribution in [0.4, 0.5) is 0 Å². The minimum Gasteiger partial charge on any atom is -0.413 e. The van der Waals surface area contributed by atoms with E-state index >= 15 is 0 Å². The van der Waals surface area contributed by atoms with Crippen LogP contribution in [0.1, 0.15) is 45.4 Å². The Kier molecular flexibility index (Phi) is 1.07. The van der Waals surface area contributed by atoms with Crippen LogP contribution in [0.25, 0.3) is 0 Å². The van der Waals surface area contributed by atoms with E-state index in [4.69, 9.17) is 0 Å². The highest BCUT2D eigenvalue weighted by Crippen LogP contribution is 2.55. The van der Waals surface area contributed by atoms with Crippen LogP contribution in [0.2, 0.25) is 0 Å². The van der Waals surface area contributed by atoms with Crippen LogP contribution in [-0.2, 0) is 4.37 Å². The zero-order chi connectivity index (χ0) is 7.47. The standard InChI is InChI=1S/C10H17O/c1-10-6-4-8-2-3-9(5-7-10)11(8)10/h8-9H,2-7H2,1H3/q+1/t8-,9+,10?. The Balaban J connectivity index is 2.00. The maximum Gasteiger partial charge on any atom is 0.163 e. The number of hydrogen-bond donors (Lipinski definition) is 0. The second-order valence-electron chi connectivity index (χ2n) is 4.72. The van der Waals surface area contributed by atoms with Crippen LogP contribution >= 0.6 is 0 Å². The third kappa shape index (κ3) is 0.658. The average molecular weight is 153 g/mol. The van der Waals surface area contributed by atoms with Crippen molar-refractivity contribution >= 4 is 0 Å². The summed E-state index contributed by atoms with van der Waals surface area (Å²) in [5.41, 5.74) is 0.561. The van der Waals surface area contributed by atoms with E-state index in [2.05, 4.69) is 11.3 Å². The minimum absolute atomic E-state index is 0.561. The minimum atomic E-state index is 0.561. The molecule has 3 heterocycles. The maximum absolute atomic E-state index is 3.70. The fraction of sp³-hybridized carbons (Fsp3) is 1.00. The summed E-state index contributed by atoms with van der Waals surface area (Å²) >= 11 is 0. The molecule has 0 aliphatic carbocycles. The number of rotatable bonds is 0. The second-order valence-corrected chi connectivity index (χ2v) is 4.72. The molecule has 11 heavy (non-hydrogen) atoms. The molecule has 62 valence electrons. The molecule has 0 spiro atoms. The Bertz CT molecular complexity index is 171. The summed E-state index contributed by atoms with van der Waals surface area (Å²) in [7, 11) is 0. The summed E-state index contributed by atoms with van der Waals surface area (Å²) in [6, 6.07) is 0. The van der Waals surface area contributed by atoms with Crippen molar-refractivity contribution < 1.29 is 4.37 Å². The molecule has 0 aromatic heterocycles. The average Bonchev–Trinajstić information content (AvgIpc) is 2.54. The zero-order valence-electron chi connectivity index (χ0n) is 7.31. The molecule has 0 aromatic rings.